The Bertz CT molecular complexity index is 496. The number of hydrogen-bond donors (Lipinski definition) is 2. The molecule has 4 nitrogen and oxygen atoms in total. The van der Waals surface area contributed by atoms with Gasteiger partial charge in [-0.25, -0.2) is 4.39 Å². The highest BCUT2D eigenvalue weighted by Crippen LogP contribution is 2.28. The summed E-state index contributed by atoms with van der Waals surface area (Å²) < 4.78 is 19.4. The van der Waals surface area contributed by atoms with Gasteiger partial charge in [0.25, 0.3) is 5.91 Å². The van der Waals surface area contributed by atoms with Gasteiger partial charge < -0.3 is 15.8 Å². The molecule has 0 aliphatic heterocycles. The molecule has 1 aromatic rings. The molecule has 1 aromatic carbocycles. The normalized spacial score (nSPS) is 16.1. The van der Waals surface area contributed by atoms with Crippen LogP contribution >= 0.6 is 28.3 Å². The van der Waals surface area contributed by atoms with Gasteiger partial charge in [-0.2, -0.15) is 0 Å². The van der Waals surface area contributed by atoms with Crippen molar-refractivity contribution < 1.29 is 13.9 Å². The summed E-state index contributed by atoms with van der Waals surface area (Å²) in [4.78, 5) is 11.9. The molecule has 0 heterocycles. The van der Waals surface area contributed by atoms with Crippen LogP contribution in [0.3, 0.4) is 0 Å². The van der Waals surface area contributed by atoms with Gasteiger partial charge in [0.2, 0.25) is 0 Å². The lowest BCUT2D eigenvalue weighted by Crippen LogP contribution is -2.52. The monoisotopic (exact) mass is 380 g/mol. The van der Waals surface area contributed by atoms with E-state index in [1.54, 1.807) is 6.07 Å². The molecule has 118 valence electrons. The Hall–Kier alpha value is -0.850. The lowest BCUT2D eigenvalue weighted by molar-refractivity contribution is -0.125. The Morgan fingerprint density at radius 2 is 2.10 bits per heavy atom. The van der Waals surface area contributed by atoms with Crippen molar-refractivity contribution in [3.63, 3.8) is 0 Å². The molecule has 0 unspecified atom stereocenters. The van der Waals surface area contributed by atoms with E-state index in [-0.39, 0.29) is 36.2 Å². The van der Waals surface area contributed by atoms with Gasteiger partial charge in [-0.1, -0.05) is 28.8 Å². The third-order valence-electron chi connectivity index (χ3n) is 3.61. The second-order valence-electron chi connectivity index (χ2n) is 5.10. The molecule has 2 rings (SSSR count). The molecule has 1 aliphatic rings. The average molecular weight is 382 g/mol. The number of rotatable bonds is 5. The Morgan fingerprint density at radius 1 is 1.43 bits per heavy atom. The molecule has 0 bridgehead atoms. The molecule has 1 saturated carbocycles. The number of carbonyl (C=O) groups excluding carboxylic acids is 1. The molecule has 1 amide bonds. The number of halogens is 3. The van der Waals surface area contributed by atoms with Crippen molar-refractivity contribution in [3.05, 3.63) is 28.5 Å². The minimum absolute atomic E-state index is 0. The van der Waals surface area contributed by atoms with Crippen molar-refractivity contribution in [2.24, 2.45) is 5.73 Å². The molecule has 0 radical (unpaired) electrons. The first-order valence-electron chi connectivity index (χ1n) is 6.64. The number of benzene rings is 1. The molecule has 1 fully saturated rings. The summed E-state index contributed by atoms with van der Waals surface area (Å²) in [5.74, 6) is -0.696. The van der Waals surface area contributed by atoms with Gasteiger partial charge >= 0.3 is 0 Å². The minimum Gasteiger partial charge on any atom is -0.481 e. The van der Waals surface area contributed by atoms with Crippen LogP contribution in [0.5, 0.6) is 5.75 Å². The van der Waals surface area contributed by atoms with E-state index in [2.05, 4.69) is 21.2 Å². The topological polar surface area (TPSA) is 64.3 Å². The summed E-state index contributed by atoms with van der Waals surface area (Å²) in [5, 5.41) is 2.92. The predicted molar refractivity (Wildman–Crippen MR) is 85.2 cm³/mol. The van der Waals surface area contributed by atoms with Crippen molar-refractivity contribution in [2.45, 2.75) is 31.2 Å². The molecule has 0 aromatic heterocycles. The Morgan fingerprint density at radius 3 is 2.67 bits per heavy atom. The summed E-state index contributed by atoms with van der Waals surface area (Å²) >= 11 is 3.16. The van der Waals surface area contributed by atoms with Crippen LogP contribution in [0.4, 0.5) is 4.39 Å². The van der Waals surface area contributed by atoms with Crippen molar-refractivity contribution >= 4 is 34.2 Å². The van der Waals surface area contributed by atoms with Crippen LogP contribution in [0.1, 0.15) is 25.7 Å². The minimum atomic E-state index is -0.499. The maximum atomic E-state index is 13.5. The fourth-order valence-corrected chi connectivity index (χ4v) is 2.83. The Balaban J connectivity index is 0.00000220. The van der Waals surface area contributed by atoms with Gasteiger partial charge in [-0.3, -0.25) is 4.79 Å². The molecule has 7 heteroatoms. The maximum Gasteiger partial charge on any atom is 0.258 e. The van der Waals surface area contributed by atoms with Crippen LogP contribution < -0.4 is 15.8 Å². The van der Waals surface area contributed by atoms with Gasteiger partial charge in [-0.15, -0.1) is 12.4 Å². The quantitative estimate of drug-likeness (QED) is 0.824. The largest absolute Gasteiger partial charge is 0.481 e. The van der Waals surface area contributed by atoms with Gasteiger partial charge in [0.1, 0.15) is 0 Å². The number of hydrogen-bond acceptors (Lipinski definition) is 3. The van der Waals surface area contributed by atoms with E-state index in [1.165, 1.54) is 12.1 Å². The zero-order valence-electron chi connectivity index (χ0n) is 11.5. The molecule has 0 saturated heterocycles. The summed E-state index contributed by atoms with van der Waals surface area (Å²) in [7, 11) is 0. The Labute approximate surface area is 138 Å². The number of nitrogens with two attached hydrogens (primary N) is 1. The van der Waals surface area contributed by atoms with Crippen LogP contribution in [-0.2, 0) is 4.79 Å². The van der Waals surface area contributed by atoms with E-state index in [0.717, 1.165) is 25.7 Å². The van der Waals surface area contributed by atoms with E-state index < -0.39 is 5.82 Å². The highest BCUT2D eigenvalue weighted by molar-refractivity contribution is 9.10. The van der Waals surface area contributed by atoms with Crippen LogP contribution in [-0.4, -0.2) is 24.6 Å². The number of amides is 1. The summed E-state index contributed by atoms with van der Waals surface area (Å²) in [6, 6.07) is 4.45. The fraction of sp³-hybridized carbons (Fsp3) is 0.500. The number of nitrogens with one attached hydrogen (secondary N) is 1. The molecular formula is C14H19BrClFN2O2. The maximum absolute atomic E-state index is 13.5. The Kier molecular flexibility index (Phi) is 6.90. The zero-order valence-corrected chi connectivity index (χ0v) is 13.9. The van der Waals surface area contributed by atoms with Gasteiger partial charge in [0.15, 0.2) is 18.2 Å². The summed E-state index contributed by atoms with van der Waals surface area (Å²) in [5.41, 5.74) is 5.44. The van der Waals surface area contributed by atoms with Gasteiger partial charge in [-0.05, 0) is 31.0 Å². The second-order valence-corrected chi connectivity index (χ2v) is 6.02. The second kappa shape index (κ2) is 7.96. The third kappa shape index (κ3) is 4.83. The highest BCUT2D eigenvalue weighted by atomic mass is 79.9. The van der Waals surface area contributed by atoms with Crippen molar-refractivity contribution in [1.82, 2.24) is 5.32 Å². The highest BCUT2D eigenvalue weighted by Gasteiger charge is 2.33. The van der Waals surface area contributed by atoms with Crippen LogP contribution in [0, 0.1) is 5.82 Å². The smallest absolute Gasteiger partial charge is 0.258 e. The standard InChI is InChI=1S/C14H18BrFN2O2.ClH/c15-10-3-4-12(11(16)7-10)20-8-13(19)18-14(9-17)5-1-2-6-14;/h3-4,7H,1-2,5-6,8-9,17H2,(H,18,19);1H. The van der Waals surface area contributed by atoms with E-state index in [1.807, 2.05) is 0 Å². The van der Waals surface area contributed by atoms with Crippen molar-refractivity contribution in [2.75, 3.05) is 13.2 Å². The number of carbonyl (C=O) groups is 1. The average Bonchev–Trinajstić information content (AvgIpc) is 2.87. The molecular weight excluding hydrogens is 363 g/mol. The zero-order chi connectivity index (χ0) is 14.6. The van der Waals surface area contributed by atoms with Crippen molar-refractivity contribution in [3.8, 4) is 5.75 Å². The SMILES string of the molecule is Cl.NCC1(NC(=O)COc2ccc(Br)cc2F)CCCC1. The predicted octanol–water partition coefficient (Wildman–Crippen LogP) is 2.78. The van der Waals surface area contributed by atoms with E-state index in [0.29, 0.717) is 11.0 Å². The first-order valence-corrected chi connectivity index (χ1v) is 7.43. The van der Waals surface area contributed by atoms with E-state index in [9.17, 15) is 9.18 Å². The van der Waals surface area contributed by atoms with Crippen LogP contribution in [0.15, 0.2) is 22.7 Å². The van der Waals surface area contributed by atoms with Crippen molar-refractivity contribution in [1.29, 1.82) is 0 Å². The first-order chi connectivity index (χ1) is 9.54. The van der Waals surface area contributed by atoms with Gasteiger partial charge in [0, 0.05) is 11.0 Å². The molecule has 3 N–H and O–H groups in total. The van der Waals surface area contributed by atoms with Gasteiger partial charge in [0.05, 0.1) is 5.54 Å². The fourth-order valence-electron chi connectivity index (χ4n) is 2.50. The van der Waals surface area contributed by atoms with E-state index in [4.69, 9.17) is 10.5 Å². The van der Waals surface area contributed by atoms with Crippen LogP contribution in [0.25, 0.3) is 0 Å². The summed E-state index contributed by atoms with van der Waals surface area (Å²) in [6.45, 7) is 0.214. The lowest BCUT2D eigenvalue weighted by atomic mass is 9.98. The van der Waals surface area contributed by atoms with Crippen LogP contribution in [0.2, 0.25) is 0 Å². The first kappa shape index (κ1) is 18.2. The van der Waals surface area contributed by atoms with E-state index >= 15 is 0 Å². The lowest BCUT2D eigenvalue weighted by Gasteiger charge is -2.28. The molecule has 0 spiro atoms. The molecule has 1 aliphatic carbocycles. The molecule has 21 heavy (non-hydrogen) atoms. The molecule has 0 atom stereocenters. The number of ether oxygens (including phenoxy) is 1. The third-order valence-corrected chi connectivity index (χ3v) is 4.10. The summed E-state index contributed by atoms with van der Waals surface area (Å²) in [6.07, 6.45) is 3.92.